The summed E-state index contributed by atoms with van der Waals surface area (Å²) < 4.78 is 18.6. The highest BCUT2D eigenvalue weighted by molar-refractivity contribution is 6.17. The van der Waals surface area contributed by atoms with Gasteiger partial charge in [-0.05, 0) is 24.5 Å². The molecule has 0 saturated carbocycles. The molecular formula is C13H18ClFN2O. The first-order valence-corrected chi connectivity index (χ1v) is 6.80. The number of aromatic nitrogens is 1. The quantitative estimate of drug-likeness (QED) is 0.770. The monoisotopic (exact) mass is 272 g/mol. The van der Waals surface area contributed by atoms with E-state index >= 15 is 0 Å². The van der Waals surface area contributed by atoms with Crippen LogP contribution in [0.2, 0.25) is 0 Å². The van der Waals surface area contributed by atoms with Crippen LogP contribution in [0.4, 0.5) is 4.39 Å². The van der Waals surface area contributed by atoms with Crippen molar-refractivity contribution < 1.29 is 9.13 Å². The van der Waals surface area contributed by atoms with E-state index in [1.807, 2.05) is 0 Å². The summed E-state index contributed by atoms with van der Waals surface area (Å²) in [4.78, 5) is 6.17. The Morgan fingerprint density at radius 1 is 1.39 bits per heavy atom. The van der Waals surface area contributed by atoms with E-state index in [2.05, 4.69) is 9.88 Å². The second-order valence-corrected chi connectivity index (χ2v) is 4.92. The fourth-order valence-corrected chi connectivity index (χ4v) is 2.33. The van der Waals surface area contributed by atoms with Crippen molar-refractivity contribution in [1.29, 1.82) is 0 Å². The lowest BCUT2D eigenvalue weighted by Crippen LogP contribution is -2.36. The molecule has 1 aliphatic rings. The molecule has 0 amide bonds. The van der Waals surface area contributed by atoms with Gasteiger partial charge in [-0.1, -0.05) is 0 Å². The molecule has 3 nitrogen and oxygen atoms in total. The lowest BCUT2D eigenvalue weighted by atomic mass is 10.1. The molecule has 5 heteroatoms. The third-order valence-electron chi connectivity index (χ3n) is 3.13. The number of piperidine rings is 1. The van der Waals surface area contributed by atoms with Crippen LogP contribution in [0, 0.1) is 5.82 Å². The number of likely N-dealkylation sites (tertiary alicyclic amines) is 1. The van der Waals surface area contributed by atoms with Gasteiger partial charge in [-0.15, -0.1) is 11.6 Å². The van der Waals surface area contributed by atoms with Gasteiger partial charge in [0.2, 0.25) is 0 Å². The van der Waals surface area contributed by atoms with Crippen LogP contribution < -0.4 is 0 Å². The molecule has 2 rings (SSSR count). The van der Waals surface area contributed by atoms with Crippen molar-refractivity contribution in [2.75, 3.05) is 25.6 Å². The van der Waals surface area contributed by atoms with Crippen molar-refractivity contribution in [2.45, 2.75) is 25.5 Å². The first-order valence-electron chi connectivity index (χ1n) is 6.27. The lowest BCUT2D eigenvalue weighted by molar-refractivity contribution is 0.0134. The van der Waals surface area contributed by atoms with Crippen LogP contribution >= 0.6 is 11.6 Å². The van der Waals surface area contributed by atoms with Gasteiger partial charge >= 0.3 is 0 Å². The van der Waals surface area contributed by atoms with Gasteiger partial charge in [-0.25, -0.2) is 4.39 Å². The second-order valence-electron chi connectivity index (χ2n) is 4.55. The number of hydrogen-bond acceptors (Lipinski definition) is 3. The smallest absolute Gasteiger partial charge is 0.141 e. The predicted molar refractivity (Wildman–Crippen MR) is 69.2 cm³/mol. The minimum atomic E-state index is -0.271. The Morgan fingerprint density at radius 2 is 2.17 bits per heavy atom. The fraction of sp³-hybridized carbons (Fsp3) is 0.615. The van der Waals surface area contributed by atoms with Crippen LogP contribution in [0.3, 0.4) is 0 Å². The Balaban J connectivity index is 1.76. The standard InChI is InChI=1S/C13H18ClFN2O/c14-3-6-18-13-1-4-17(5-2-13)10-11-7-12(15)9-16-8-11/h7-9,13H,1-6,10H2. The highest BCUT2D eigenvalue weighted by Gasteiger charge is 2.19. The average Bonchev–Trinajstić information content (AvgIpc) is 2.38. The summed E-state index contributed by atoms with van der Waals surface area (Å²) in [6.07, 6.45) is 5.30. The number of nitrogens with zero attached hydrogens (tertiary/aromatic N) is 2. The number of ether oxygens (including phenoxy) is 1. The third-order valence-corrected chi connectivity index (χ3v) is 3.29. The Morgan fingerprint density at radius 3 is 2.83 bits per heavy atom. The van der Waals surface area contributed by atoms with E-state index in [1.165, 1.54) is 6.20 Å². The van der Waals surface area contributed by atoms with Crippen LogP contribution in [0.1, 0.15) is 18.4 Å². The molecule has 1 aromatic heterocycles. The summed E-state index contributed by atoms with van der Waals surface area (Å²) in [6.45, 7) is 3.33. The normalized spacial score (nSPS) is 18.1. The highest BCUT2D eigenvalue weighted by atomic mass is 35.5. The Bertz CT molecular complexity index is 370. The maximum Gasteiger partial charge on any atom is 0.141 e. The molecule has 0 bridgehead atoms. The van der Waals surface area contributed by atoms with Crippen LogP contribution in [0.15, 0.2) is 18.5 Å². The fourth-order valence-electron chi connectivity index (χ4n) is 2.25. The number of alkyl halides is 1. The van der Waals surface area contributed by atoms with E-state index in [9.17, 15) is 4.39 Å². The SMILES string of the molecule is Fc1cncc(CN2CCC(OCCCl)CC2)c1. The van der Waals surface area contributed by atoms with Gasteiger partial charge in [0, 0.05) is 31.7 Å². The second kappa shape index (κ2) is 7.02. The molecule has 1 fully saturated rings. The van der Waals surface area contributed by atoms with Gasteiger partial charge in [0.15, 0.2) is 0 Å². The Kier molecular flexibility index (Phi) is 5.35. The topological polar surface area (TPSA) is 25.4 Å². The third kappa shape index (κ3) is 4.19. The molecule has 0 aliphatic carbocycles. The largest absolute Gasteiger partial charge is 0.377 e. The van der Waals surface area contributed by atoms with Crippen LogP contribution in [0.5, 0.6) is 0 Å². The summed E-state index contributed by atoms with van der Waals surface area (Å²) in [7, 11) is 0. The van der Waals surface area contributed by atoms with Crippen molar-refractivity contribution in [3.63, 3.8) is 0 Å². The maximum atomic E-state index is 13.0. The number of hydrogen-bond donors (Lipinski definition) is 0. The van der Waals surface area contributed by atoms with Crippen molar-refractivity contribution in [3.05, 3.63) is 29.8 Å². The van der Waals surface area contributed by atoms with Crippen LogP contribution in [-0.4, -0.2) is 41.6 Å². The minimum absolute atomic E-state index is 0.271. The van der Waals surface area contributed by atoms with Gasteiger partial charge < -0.3 is 4.74 Å². The van der Waals surface area contributed by atoms with Crippen molar-refractivity contribution >= 4 is 11.6 Å². The van der Waals surface area contributed by atoms with Gasteiger partial charge in [-0.2, -0.15) is 0 Å². The summed E-state index contributed by atoms with van der Waals surface area (Å²) in [5.41, 5.74) is 0.926. The zero-order chi connectivity index (χ0) is 12.8. The number of rotatable bonds is 5. The average molecular weight is 273 g/mol. The summed E-state index contributed by atoms with van der Waals surface area (Å²) in [5, 5.41) is 0. The van der Waals surface area contributed by atoms with E-state index in [1.54, 1.807) is 12.3 Å². The Hall–Kier alpha value is -0.710. The molecule has 1 aliphatic heterocycles. The predicted octanol–water partition coefficient (Wildman–Crippen LogP) is 2.44. The maximum absolute atomic E-state index is 13.0. The molecule has 18 heavy (non-hydrogen) atoms. The van der Waals surface area contributed by atoms with Gasteiger partial charge in [0.05, 0.1) is 18.9 Å². The first kappa shape index (κ1) is 13.7. The van der Waals surface area contributed by atoms with Crippen molar-refractivity contribution in [1.82, 2.24) is 9.88 Å². The summed E-state index contributed by atoms with van der Waals surface area (Å²) in [6, 6.07) is 1.54. The number of pyridine rings is 1. The van der Waals surface area contributed by atoms with E-state index in [4.69, 9.17) is 16.3 Å². The van der Waals surface area contributed by atoms with Gasteiger partial charge in [-0.3, -0.25) is 9.88 Å². The van der Waals surface area contributed by atoms with E-state index < -0.39 is 0 Å². The molecule has 0 N–H and O–H groups in total. The molecule has 2 heterocycles. The molecule has 1 saturated heterocycles. The summed E-state index contributed by atoms with van der Waals surface area (Å²) >= 11 is 5.59. The molecule has 0 radical (unpaired) electrons. The number of halogens is 2. The molecule has 1 aromatic rings. The van der Waals surface area contributed by atoms with E-state index in [-0.39, 0.29) is 5.82 Å². The molecule has 0 spiro atoms. The summed E-state index contributed by atoms with van der Waals surface area (Å²) in [5.74, 6) is 0.280. The van der Waals surface area contributed by atoms with Gasteiger partial charge in [0.25, 0.3) is 0 Å². The van der Waals surface area contributed by atoms with E-state index in [0.29, 0.717) is 18.6 Å². The first-order chi connectivity index (χ1) is 8.78. The zero-order valence-electron chi connectivity index (χ0n) is 10.3. The minimum Gasteiger partial charge on any atom is -0.377 e. The van der Waals surface area contributed by atoms with Crippen LogP contribution in [0.25, 0.3) is 0 Å². The molecule has 100 valence electrons. The molecule has 0 atom stereocenters. The Labute approximate surface area is 112 Å². The lowest BCUT2D eigenvalue weighted by Gasteiger charge is -2.31. The molecule has 0 aromatic carbocycles. The highest BCUT2D eigenvalue weighted by Crippen LogP contribution is 2.16. The molecule has 0 unspecified atom stereocenters. The van der Waals surface area contributed by atoms with Gasteiger partial charge in [0.1, 0.15) is 5.82 Å². The zero-order valence-corrected chi connectivity index (χ0v) is 11.1. The van der Waals surface area contributed by atoms with Crippen molar-refractivity contribution in [3.8, 4) is 0 Å². The van der Waals surface area contributed by atoms with Crippen molar-refractivity contribution in [2.24, 2.45) is 0 Å². The van der Waals surface area contributed by atoms with E-state index in [0.717, 1.165) is 38.0 Å². The molecular weight excluding hydrogens is 255 g/mol. The van der Waals surface area contributed by atoms with Crippen LogP contribution in [-0.2, 0) is 11.3 Å².